The largest absolute Gasteiger partial charge is 0.501 e. The highest BCUT2D eigenvalue weighted by atomic mass is 32.2. The fraction of sp³-hybridized carbons (Fsp3) is 0.778. The monoisotopic (exact) mass is 188 g/mol. The van der Waals surface area contributed by atoms with Crippen LogP contribution in [-0.2, 0) is 15.5 Å². The van der Waals surface area contributed by atoms with Gasteiger partial charge in [-0.1, -0.05) is 13.5 Å². The Balaban J connectivity index is 2.45. The molecule has 12 heavy (non-hydrogen) atoms. The van der Waals surface area contributed by atoms with Gasteiger partial charge in [-0.05, 0) is 12.8 Å². The van der Waals surface area contributed by atoms with Crippen LogP contribution in [0.3, 0.4) is 0 Å². The van der Waals surface area contributed by atoms with Gasteiger partial charge in [0.05, 0.1) is 12.9 Å². The van der Waals surface area contributed by atoms with Gasteiger partial charge in [0.25, 0.3) is 0 Å². The molecule has 1 saturated heterocycles. The van der Waals surface area contributed by atoms with E-state index in [1.54, 1.807) is 0 Å². The zero-order valence-electron chi connectivity index (χ0n) is 7.54. The topological polar surface area (TPSA) is 26.3 Å². The molecule has 0 radical (unpaired) electrons. The van der Waals surface area contributed by atoms with E-state index in [2.05, 4.69) is 13.5 Å². The van der Waals surface area contributed by atoms with E-state index in [9.17, 15) is 4.21 Å². The molecule has 0 aromatic heterocycles. The minimum atomic E-state index is -0.627. The summed E-state index contributed by atoms with van der Waals surface area (Å²) in [7, 11) is -0.627. The first kappa shape index (κ1) is 9.78. The third kappa shape index (κ3) is 2.63. The van der Waals surface area contributed by atoms with Crippen LogP contribution >= 0.6 is 0 Å². The number of hydrogen-bond acceptors (Lipinski definition) is 2. The molecule has 0 aliphatic carbocycles. The Morgan fingerprint density at radius 3 is 3.08 bits per heavy atom. The van der Waals surface area contributed by atoms with Crippen LogP contribution in [0.25, 0.3) is 0 Å². The second kappa shape index (κ2) is 4.08. The Morgan fingerprint density at radius 2 is 2.50 bits per heavy atom. The fourth-order valence-electron chi connectivity index (χ4n) is 1.57. The third-order valence-corrected chi connectivity index (χ3v) is 3.97. The van der Waals surface area contributed by atoms with E-state index in [0.717, 1.165) is 24.3 Å². The molecule has 2 atom stereocenters. The van der Waals surface area contributed by atoms with Crippen LogP contribution in [0.15, 0.2) is 12.8 Å². The Kier molecular flexibility index (Phi) is 3.32. The lowest BCUT2D eigenvalue weighted by Gasteiger charge is -2.31. The van der Waals surface area contributed by atoms with E-state index in [1.807, 2.05) is 0 Å². The van der Waals surface area contributed by atoms with Crippen LogP contribution in [0, 0.1) is 5.41 Å². The molecule has 1 aliphatic rings. The molecule has 0 spiro atoms. The van der Waals surface area contributed by atoms with E-state index < -0.39 is 10.8 Å². The summed E-state index contributed by atoms with van der Waals surface area (Å²) in [6, 6.07) is 0. The van der Waals surface area contributed by atoms with Gasteiger partial charge >= 0.3 is 0 Å². The third-order valence-electron chi connectivity index (χ3n) is 2.21. The molecule has 1 fully saturated rings. The highest BCUT2D eigenvalue weighted by molar-refractivity contribution is 7.85. The minimum absolute atomic E-state index is 0.108. The molecule has 0 bridgehead atoms. The van der Waals surface area contributed by atoms with E-state index in [0.29, 0.717) is 6.61 Å². The Hall–Kier alpha value is -0.310. The molecule has 1 heterocycles. The molecule has 1 aliphatic heterocycles. The first-order chi connectivity index (χ1) is 5.66. The molecule has 1 rings (SSSR count). The van der Waals surface area contributed by atoms with E-state index >= 15 is 0 Å². The molecule has 0 aromatic carbocycles. The van der Waals surface area contributed by atoms with Gasteiger partial charge in [0.15, 0.2) is 0 Å². The van der Waals surface area contributed by atoms with Gasteiger partial charge in [0, 0.05) is 27.7 Å². The Bertz CT molecular complexity index is 191. The molecule has 2 nitrogen and oxygen atoms in total. The number of ether oxygens (including phenoxy) is 1. The van der Waals surface area contributed by atoms with E-state index in [-0.39, 0.29) is 5.41 Å². The van der Waals surface area contributed by atoms with Crippen LogP contribution in [-0.4, -0.2) is 22.3 Å². The average molecular weight is 188 g/mol. The van der Waals surface area contributed by atoms with Crippen molar-refractivity contribution in [2.24, 2.45) is 5.41 Å². The van der Waals surface area contributed by atoms with Gasteiger partial charge in [-0.2, -0.15) is 0 Å². The van der Waals surface area contributed by atoms with Crippen molar-refractivity contribution in [1.29, 1.82) is 0 Å². The van der Waals surface area contributed by atoms with Crippen molar-refractivity contribution >= 4 is 10.8 Å². The molecule has 0 saturated carbocycles. The molecular weight excluding hydrogens is 172 g/mol. The molecule has 2 unspecified atom stereocenters. The van der Waals surface area contributed by atoms with Crippen molar-refractivity contribution in [1.82, 2.24) is 0 Å². The van der Waals surface area contributed by atoms with Crippen molar-refractivity contribution in [3.8, 4) is 0 Å². The summed E-state index contributed by atoms with van der Waals surface area (Å²) in [6.45, 7) is 6.28. The quantitative estimate of drug-likeness (QED) is 0.630. The standard InChI is InChI=1S/C9H16O2S/c1-3-11-7-9(2)5-4-6-12(10)8-9/h3H,1,4-8H2,2H3. The van der Waals surface area contributed by atoms with Gasteiger partial charge in [0.1, 0.15) is 0 Å². The summed E-state index contributed by atoms with van der Waals surface area (Å²) in [6.07, 6.45) is 3.64. The van der Waals surface area contributed by atoms with E-state index in [4.69, 9.17) is 4.74 Å². The van der Waals surface area contributed by atoms with Gasteiger partial charge in [-0.15, -0.1) is 0 Å². The maximum atomic E-state index is 11.3. The zero-order valence-corrected chi connectivity index (χ0v) is 8.36. The lowest BCUT2D eigenvalue weighted by molar-refractivity contribution is 0.130. The molecular formula is C9H16O2S. The van der Waals surface area contributed by atoms with Crippen LogP contribution in [0.5, 0.6) is 0 Å². The van der Waals surface area contributed by atoms with Gasteiger partial charge in [-0.25, -0.2) is 0 Å². The van der Waals surface area contributed by atoms with E-state index in [1.165, 1.54) is 6.26 Å². The molecule has 70 valence electrons. The average Bonchev–Trinajstić information content (AvgIpc) is 2.01. The first-order valence-corrected chi connectivity index (χ1v) is 5.73. The van der Waals surface area contributed by atoms with Crippen molar-refractivity contribution in [3.63, 3.8) is 0 Å². The van der Waals surface area contributed by atoms with Crippen LogP contribution in [0.1, 0.15) is 19.8 Å². The maximum Gasteiger partial charge on any atom is 0.0935 e. The minimum Gasteiger partial charge on any atom is -0.501 e. The van der Waals surface area contributed by atoms with Gasteiger partial charge in [0.2, 0.25) is 0 Å². The second-order valence-corrected chi connectivity index (χ2v) is 5.26. The normalized spacial score (nSPS) is 35.9. The summed E-state index contributed by atoms with van der Waals surface area (Å²) < 4.78 is 16.4. The number of hydrogen-bond donors (Lipinski definition) is 0. The fourth-order valence-corrected chi connectivity index (χ4v) is 3.18. The Labute approximate surface area is 76.5 Å². The molecule has 0 N–H and O–H groups in total. The molecule has 0 aromatic rings. The SMILES string of the molecule is C=COCC1(C)CCCS(=O)C1. The summed E-state index contributed by atoms with van der Waals surface area (Å²) in [5, 5.41) is 0. The van der Waals surface area contributed by atoms with Crippen molar-refractivity contribution in [3.05, 3.63) is 12.8 Å². The molecule has 0 amide bonds. The van der Waals surface area contributed by atoms with Crippen molar-refractivity contribution in [2.75, 3.05) is 18.1 Å². The van der Waals surface area contributed by atoms with Crippen LogP contribution in [0.4, 0.5) is 0 Å². The maximum absolute atomic E-state index is 11.3. The summed E-state index contributed by atoms with van der Waals surface area (Å²) in [5.41, 5.74) is 0.108. The predicted molar refractivity (Wildman–Crippen MR) is 51.4 cm³/mol. The summed E-state index contributed by atoms with van der Waals surface area (Å²) in [4.78, 5) is 0. The lowest BCUT2D eigenvalue weighted by Crippen LogP contribution is -2.34. The highest BCUT2D eigenvalue weighted by Gasteiger charge is 2.30. The van der Waals surface area contributed by atoms with Crippen molar-refractivity contribution < 1.29 is 8.95 Å². The Morgan fingerprint density at radius 1 is 1.75 bits per heavy atom. The summed E-state index contributed by atoms with van der Waals surface area (Å²) >= 11 is 0. The van der Waals surface area contributed by atoms with Gasteiger partial charge < -0.3 is 4.74 Å². The highest BCUT2D eigenvalue weighted by Crippen LogP contribution is 2.29. The molecule has 3 heteroatoms. The number of rotatable bonds is 3. The van der Waals surface area contributed by atoms with Crippen molar-refractivity contribution in [2.45, 2.75) is 19.8 Å². The van der Waals surface area contributed by atoms with Gasteiger partial charge in [-0.3, -0.25) is 4.21 Å². The van der Waals surface area contributed by atoms with Crippen LogP contribution in [0.2, 0.25) is 0 Å². The first-order valence-electron chi connectivity index (χ1n) is 4.24. The summed E-state index contributed by atoms with van der Waals surface area (Å²) in [5.74, 6) is 1.64. The second-order valence-electron chi connectivity index (χ2n) is 3.68. The lowest BCUT2D eigenvalue weighted by atomic mass is 9.88. The zero-order chi connectivity index (χ0) is 9.03. The van der Waals surface area contributed by atoms with Crippen LogP contribution < -0.4 is 0 Å². The smallest absolute Gasteiger partial charge is 0.0935 e. The predicted octanol–water partition coefficient (Wildman–Crippen LogP) is 1.70.